The van der Waals surface area contributed by atoms with Crippen LogP contribution in [0.15, 0.2) is 36.9 Å². The van der Waals surface area contributed by atoms with Crippen LogP contribution < -0.4 is 4.74 Å². The van der Waals surface area contributed by atoms with Crippen LogP contribution in [0.5, 0.6) is 5.75 Å². The molecule has 0 N–H and O–H groups in total. The Hall–Kier alpha value is -1.57. The fraction of sp³-hybridized carbons (Fsp3) is 0.308. The Bertz CT molecular complexity index is 325. The van der Waals surface area contributed by atoms with E-state index in [1.807, 2.05) is 30.3 Å². The van der Waals surface area contributed by atoms with Gasteiger partial charge in [0, 0.05) is 6.42 Å². The highest BCUT2D eigenvalue weighted by molar-refractivity contribution is 5.78. The Morgan fingerprint density at radius 2 is 2.07 bits per heavy atom. The normalized spacial score (nSPS) is 9.67. The molecular weight excluding hydrogens is 188 g/mol. The number of rotatable bonds is 6. The van der Waals surface area contributed by atoms with Gasteiger partial charge in [-0.05, 0) is 31.0 Å². The van der Waals surface area contributed by atoms with Crippen molar-refractivity contribution in [3.63, 3.8) is 0 Å². The fourth-order valence-corrected chi connectivity index (χ4v) is 1.25. The van der Waals surface area contributed by atoms with Crippen LogP contribution in [0.4, 0.5) is 0 Å². The van der Waals surface area contributed by atoms with Crippen molar-refractivity contribution in [3.8, 4) is 5.75 Å². The summed E-state index contributed by atoms with van der Waals surface area (Å²) in [4.78, 5) is 10.9. The zero-order chi connectivity index (χ0) is 11.1. The summed E-state index contributed by atoms with van der Waals surface area (Å²) >= 11 is 0. The van der Waals surface area contributed by atoms with Crippen molar-refractivity contribution in [1.29, 1.82) is 0 Å². The monoisotopic (exact) mass is 204 g/mol. The van der Waals surface area contributed by atoms with Crippen LogP contribution in [-0.4, -0.2) is 12.4 Å². The van der Waals surface area contributed by atoms with Crippen LogP contribution in [0, 0.1) is 0 Å². The molecule has 0 aliphatic heterocycles. The number of carbonyl (C=O) groups excluding carboxylic acids is 1. The van der Waals surface area contributed by atoms with Gasteiger partial charge in [-0.3, -0.25) is 4.79 Å². The van der Waals surface area contributed by atoms with Gasteiger partial charge >= 0.3 is 0 Å². The summed E-state index contributed by atoms with van der Waals surface area (Å²) in [6.45, 7) is 5.86. The molecule has 2 heteroatoms. The predicted octanol–water partition coefficient (Wildman–Crippen LogP) is 2.77. The molecule has 1 rings (SSSR count). The Kier molecular flexibility index (Phi) is 4.61. The van der Waals surface area contributed by atoms with E-state index in [9.17, 15) is 4.79 Å². The zero-order valence-corrected chi connectivity index (χ0v) is 9.03. The van der Waals surface area contributed by atoms with E-state index >= 15 is 0 Å². The first-order valence-electron chi connectivity index (χ1n) is 5.04. The van der Waals surface area contributed by atoms with Gasteiger partial charge in [0.15, 0.2) is 0 Å². The van der Waals surface area contributed by atoms with E-state index in [0.717, 1.165) is 17.7 Å². The van der Waals surface area contributed by atoms with E-state index in [1.54, 1.807) is 6.92 Å². The summed E-state index contributed by atoms with van der Waals surface area (Å²) in [6, 6.07) is 7.62. The van der Waals surface area contributed by atoms with Gasteiger partial charge in [0.1, 0.15) is 11.5 Å². The summed E-state index contributed by atoms with van der Waals surface area (Å²) < 4.78 is 5.45. The highest BCUT2D eigenvalue weighted by atomic mass is 16.5. The van der Waals surface area contributed by atoms with Crippen molar-refractivity contribution in [2.75, 3.05) is 6.61 Å². The molecule has 0 heterocycles. The molecule has 2 nitrogen and oxygen atoms in total. The maximum Gasteiger partial charge on any atom is 0.134 e. The van der Waals surface area contributed by atoms with Crippen molar-refractivity contribution in [2.24, 2.45) is 0 Å². The van der Waals surface area contributed by atoms with Crippen molar-refractivity contribution in [1.82, 2.24) is 0 Å². The molecule has 0 bridgehead atoms. The molecule has 1 aromatic carbocycles. The van der Waals surface area contributed by atoms with Gasteiger partial charge in [0.05, 0.1) is 6.61 Å². The summed E-state index contributed by atoms with van der Waals surface area (Å²) in [5.41, 5.74) is 1.03. The summed E-state index contributed by atoms with van der Waals surface area (Å²) in [7, 11) is 0. The van der Waals surface area contributed by atoms with Crippen LogP contribution in [0.1, 0.15) is 18.9 Å². The van der Waals surface area contributed by atoms with Crippen LogP contribution in [0.25, 0.3) is 0 Å². The summed E-state index contributed by atoms with van der Waals surface area (Å²) in [5.74, 6) is 1.01. The molecule has 0 aromatic heterocycles. The third-order valence-corrected chi connectivity index (χ3v) is 1.97. The maximum atomic E-state index is 10.9. The largest absolute Gasteiger partial charge is 0.493 e. The highest BCUT2D eigenvalue weighted by Crippen LogP contribution is 2.12. The molecule has 0 amide bonds. The lowest BCUT2D eigenvalue weighted by atomic mass is 10.1. The standard InChI is InChI=1S/C13H16O2/c1-3-4-9-15-13-7-5-12(6-8-13)10-11(2)14/h3,5-8H,1,4,9-10H2,2H3. The molecular formula is C13H16O2. The van der Waals surface area contributed by atoms with Gasteiger partial charge in [-0.25, -0.2) is 0 Å². The van der Waals surface area contributed by atoms with Gasteiger partial charge in [0.2, 0.25) is 0 Å². The number of Topliss-reactive ketones (excluding diaryl/α,β-unsaturated/α-hetero) is 1. The predicted molar refractivity (Wildman–Crippen MR) is 61.1 cm³/mol. The molecule has 80 valence electrons. The zero-order valence-electron chi connectivity index (χ0n) is 9.03. The summed E-state index contributed by atoms with van der Waals surface area (Å²) in [6.07, 6.45) is 3.16. The van der Waals surface area contributed by atoms with E-state index < -0.39 is 0 Å². The number of hydrogen-bond acceptors (Lipinski definition) is 2. The topological polar surface area (TPSA) is 26.3 Å². The molecule has 15 heavy (non-hydrogen) atoms. The molecule has 1 aromatic rings. The minimum Gasteiger partial charge on any atom is -0.493 e. The maximum absolute atomic E-state index is 10.9. The first-order chi connectivity index (χ1) is 7.22. The lowest BCUT2D eigenvalue weighted by Crippen LogP contribution is -1.98. The first-order valence-corrected chi connectivity index (χ1v) is 5.04. The van der Waals surface area contributed by atoms with Crippen LogP contribution in [0.2, 0.25) is 0 Å². The minimum absolute atomic E-state index is 0.176. The van der Waals surface area contributed by atoms with Crippen molar-refractivity contribution >= 4 is 5.78 Å². The van der Waals surface area contributed by atoms with Gasteiger partial charge in [-0.2, -0.15) is 0 Å². The molecule has 0 atom stereocenters. The Morgan fingerprint density at radius 3 is 2.60 bits per heavy atom. The van der Waals surface area contributed by atoms with Crippen molar-refractivity contribution in [2.45, 2.75) is 19.8 Å². The van der Waals surface area contributed by atoms with Gasteiger partial charge in [0.25, 0.3) is 0 Å². The second-order valence-corrected chi connectivity index (χ2v) is 3.45. The van der Waals surface area contributed by atoms with E-state index in [1.165, 1.54) is 0 Å². The molecule has 0 spiro atoms. The summed E-state index contributed by atoms with van der Waals surface area (Å²) in [5, 5.41) is 0. The first kappa shape index (κ1) is 11.5. The van der Waals surface area contributed by atoms with E-state index in [0.29, 0.717) is 13.0 Å². The van der Waals surface area contributed by atoms with Crippen LogP contribution in [-0.2, 0) is 11.2 Å². The Labute approximate surface area is 90.6 Å². The molecule has 0 unspecified atom stereocenters. The van der Waals surface area contributed by atoms with E-state index in [-0.39, 0.29) is 5.78 Å². The molecule has 0 aliphatic carbocycles. The molecule has 0 saturated carbocycles. The smallest absolute Gasteiger partial charge is 0.134 e. The minimum atomic E-state index is 0.176. The number of carbonyl (C=O) groups is 1. The van der Waals surface area contributed by atoms with Crippen LogP contribution in [0.3, 0.4) is 0 Å². The third-order valence-electron chi connectivity index (χ3n) is 1.97. The molecule has 0 fully saturated rings. The third kappa shape index (κ3) is 4.45. The fourth-order valence-electron chi connectivity index (χ4n) is 1.25. The van der Waals surface area contributed by atoms with Gasteiger partial charge < -0.3 is 4.74 Å². The van der Waals surface area contributed by atoms with Crippen molar-refractivity contribution in [3.05, 3.63) is 42.5 Å². The quantitative estimate of drug-likeness (QED) is 0.526. The van der Waals surface area contributed by atoms with E-state index in [4.69, 9.17) is 4.74 Å². The number of ether oxygens (including phenoxy) is 1. The highest BCUT2D eigenvalue weighted by Gasteiger charge is 1.98. The Morgan fingerprint density at radius 1 is 1.40 bits per heavy atom. The van der Waals surface area contributed by atoms with Crippen molar-refractivity contribution < 1.29 is 9.53 Å². The average Bonchev–Trinajstić information content (AvgIpc) is 2.20. The number of hydrogen-bond donors (Lipinski definition) is 0. The Balaban J connectivity index is 2.48. The number of benzene rings is 1. The average molecular weight is 204 g/mol. The second-order valence-electron chi connectivity index (χ2n) is 3.45. The molecule has 0 saturated heterocycles. The number of ketones is 1. The van der Waals surface area contributed by atoms with Crippen LogP contribution >= 0.6 is 0 Å². The van der Waals surface area contributed by atoms with Gasteiger partial charge in [-0.15, -0.1) is 6.58 Å². The lowest BCUT2D eigenvalue weighted by Gasteiger charge is -2.05. The SMILES string of the molecule is C=CCCOc1ccc(CC(C)=O)cc1. The molecule has 0 aliphatic rings. The molecule has 0 radical (unpaired) electrons. The lowest BCUT2D eigenvalue weighted by molar-refractivity contribution is -0.116. The second kappa shape index (κ2) is 6.02. The van der Waals surface area contributed by atoms with Gasteiger partial charge in [-0.1, -0.05) is 18.2 Å². The van der Waals surface area contributed by atoms with E-state index in [2.05, 4.69) is 6.58 Å².